The van der Waals surface area contributed by atoms with Crippen LogP contribution in [0.15, 0.2) is 33.7 Å². The molecule has 1 aliphatic heterocycles. The highest BCUT2D eigenvalue weighted by atomic mass is 35.5. The molecule has 25 heavy (non-hydrogen) atoms. The van der Waals surface area contributed by atoms with Crippen molar-refractivity contribution in [3.05, 3.63) is 57.5 Å². The Morgan fingerprint density at radius 1 is 1.44 bits per heavy atom. The van der Waals surface area contributed by atoms with E-state index in [0.29, 0.717) is 22.6 Å². The highest BCUT2D eigenvalue weighted by Gasteiger charge is 2.39. The lowest BCUT2D eigenvalue weighted by Gasteiger charge is -2.22. The number of hydrogen-bond acceptors (Lipinski definition) is 4. The standard InChI is InChI=1S/C19H19ClN2O2S/c1-10-16-14(6-7-15-17(16)22-11(2)25-15)24-18(10)19(23)21-9-12-4-3-5-13(20)8-12/h3-5,8,15,17H,6-7,9H2,1-2H3,(H,21,23)/t15-,17-/m1/s1. The second-order valence-electron chi connectivity index (χ2n) is 6.49. The fraction of sp³-hybridized carbons (Fsp3) is 0.368. The van der Waals surface area contributed by atoms with Gasteiger partial charge >= 0.3 is 0 Å². The summed E-state index contributed by atoms with van der Waals surface area (Å²) in [6, 6.07) is 7.60. The Bertz CT molecular complexity index is 874. The number of aliphatic imine (C=N–C) groups is 1. The van der Waals surface area contributed by atoms with E-state index < -0.39 is 0 Å². The number of benzene rings is 1. The Kier molecular flexibility index (Phi) is 4.38. The minimum atomic E-state index is -0.185. The van der Waals surface area contributed by atoms with Gasteiger partial charge in [0.1, 0.15) is 5.76 Å². The number of rotatable bonds is 3. The second kappa shape index (κ2) is 6.54. The molecule has 2 atom stereocenters. The molecule has 1 aliphatic carbocycles. The molecular formula is C19H19ClN2O2S. The topological polar surface area (TPSA) is 54.6 Å². The van der Waals surface area contributed by atoms with Crippen molar-refractivity contribution in [2.24, 2.45) is 4.99 Å². The number of amides is 1. The first-order valence-corrected chi connectivity index (χ1v) is 9.64. The molecule has 0 unspecified atom stereocenters. The van der Waals surface area contributed by atoms with Crippen LogP contribution in [-0.2, 0) is 13.0 Å². The first kappa shape index (κ1) is 16.7. The van der Waals surface area contributed by atoms with E-state index in [-0.39, 0.29) is 11.9 Å². The van der Waals surface area contributed by atoms with Gasteiger partial charge in [0.15, 0.2) is 5.76 Å². The van der Waals surface area contributed by atoms with E-state index in [9.17, 15) is 4.79 Å². The quantitative estimate of drug-likeness (QED) is 0.847. The van der Waals surface area contributed by atoms with Crippen LogP contribution >= 0.6 is 23.4 Å². The van der Waals surface area contributed by atoms with Crippen molar-refractivity contribution in [3.8, 4) is 0 Å². The van der Waals surface area contributed by atoms with Gasteiger partial charge in [0, 0.05) is 34.4 Å². The van der Waals surface area contributed by atoms with Gasteiger partial charge in [-0.1, -0.05) is 23.7 Å². The van der Waals surface area contributed by atoms with E-state index in [0.717, 1.165) is 40.3 Å². The molecule has 2 aromatic rings. The zero-order chi connectivity index (χ0) is 17.6. The summed E-state index contributed by atoms with van der Waals surface area (Å²) in [4.78, 5) is 17.4. The Hall–Kier alpha value is -1.72. The predicted octanol–water partition coefficient (Wildman–Crippen LogP) is 4.69. The van der Waals surface area contributed by atoms with E-state index in [1.807, 2.05) is 43.0 Å². The van der Waals surface area contributed by atoms with E-state index in [2.05, 4.69) is 12.2 Å². The van der Waals surface area contributed by atoms with Crippen LogP contribution in [0.1, 0.15) is 52.4 Å². The second-order valence-corrected chi connectivity index (χ2v) is 8.36. The number of furan rings is 1. The number of fused-ring (bicyclic) bond motifs is 3. The average molecular weight is 375 g/mol. The number of halogens is 1. The summed E-state index contributed by atoms with van der Waals surface area (Å²) in [6.45, 7) is 4.44. The molecular weight excluding hydrogens is 356 g/mol. The van der Waals surface area contributed by atoms with Gasteiger partial charge in [-0.05, 0) is 38.0 Å². The summed E-state index contributed by atoms with van der Waals surface area (Å²) in [6.07, 6.45) is 1.91. The molecule has 0 bridgehead atoms. The molecule has 0 radical (unpaired) electrons. The van der Waals surface area contributed by atoms with Gasteiger partial charge in [0.25, 0.3) is 5.91 Å². The lowest BCUT2D eigenvalue weighted by Crippen LogP contribution is -2.23. The maximum Gasteiger partial charge on any atom is 0.287 e. The molecule has 0 spiro atoms. The van der Waals surface area contributed by atoms with Gasteiger partial charge in [-0.2, -0.15) is 0 Å². The number of nitrogens with one attached hydrogen (secondary N) is 1. The molecule has 4 rings (SSSR count). The lowest BCUT2D eigenvalue weighted by atomic mass is 9.90. The average Bonchev–Trinajstić information content (AvgIpc) is 3.12. The predicted molar refractivity (Wildman–Crippen MR) is 102 cm³/mol. The minimum Gasteiger partial charge on any atom is -0.455 e. The number of nitrogens with zero attached hydrogens (tertiary/aromatic N) is 1. The summed E-state index contributed by atoms with van der Waals surface area (Å²) in [7, 11) is 0. The van der Waals surface area contributed by atoms with Gasteiger partial charge in [-0.25, -0.2) is 0 Å². The molecule has 2 aliphatic rings. The zero-order valence-corrected chi connectivity index (χ0v) is 15.7. The Balaban J connectivity index is 1.55. The molecule has 1 aromatic heterocycles. The third-order valence-corrected chi connectivity index (χ3v) is 6.24. The molecule has 1 aromatic carbocycles. The number of carbonyl (C=O) groups is 1. The lowest BCUT2D eigenvalue weighted by molar-refractivity contribution is 0.0920. The minimum absolute atomic E-state index is 0.131. The van der Waals surface area contributed by atoms with E-state index in [1.54, 1.807) is 0 Å². The van der Waals surface area contributed by atoms with Crippen LogP contribution in [0, 0.1) is 6.92 Å². The summed E-state index contributed by atoms with van der Waals surface area (Å²) in [5.74, 6) is 1.15. The highest BCUT2D eigenvalue weighted by Crippen LogP contribution is 2.47. The molecule has 0 saturated heterocycles. The molecule has 1 N–H and O–H groups in total. The van der Waals surface area contributed by atoms with Crippen molar-refractivity contribution in [1.82, 2.24) is 5.32 Å². The summed E-state index contributed by atoms with van der Waals surface area (Å²) in [5, 5.41) is 5.19. The van der Waals surface area contributed by atoms with Crippen molar-refractivity contribution in [3.63, 3.8) is 0 Å². The first-order chi connectivity index (χ1) is 12.0. The fourth-order valence-electron chi connectivity index (χ4n) is 3.62. The third kappa shape index (κ3) is 3.11. The third-order valence-electron chi connectivity index (χ3n) is 4.77. The number of aryl methyl sites for hydroxylation is 1. The fourth-order valence-corrected chi connectivity index (χ4v) is 5.01. The van der Waals surface area contributed by atoms with Crippen molar-refractivity contribution in [2.45, 2.75) is 44.5 Å². The number of hydrogen-bond donors (Lipinski definition) is 1. The van der Waals surface area contributed by atoms with E-state index >= 15 is 0 Å². The van der Waals surface area contributed by atoms with Crippen molar-refractivity contribution in [2.75, 3.05) is 0 Å². The van der Waals surface area contributed by atoms with Crippen LogP contribution in [0.3, 0.4) is 0 Å². The molecule has 6 heteroatoms. The highest BCUT2D eigenvalue weighted by molar-refractivity contribution is 8.14. The monoisotopic (exact) mass is 374 g/mol. The maximum absolute atomic E-state index is 12.6. The summed E-state index contributed by atoms with van der Waals surface area (Å²) >= 11 is 7.83. The van der Waals surface area contributed by atoms with Crippen molar-refractivity contribution in [1.29, 1.82) is 0 Å². The van der Waals surface area contributed by atoms with Gasteiger partial charge < -0.3 is 9.73 Å². The molecule has 2 heterocycles. The zero-order valence-electron chi connectivity index (χ0n) is 14.1. The first-order valence-electron chi connectivity index (χ1n) is 8.39. The van der Waals surface area contributed by atoms with Crippen LogP contribution < -0.4 is 5.32 Å². The van der Waals surface area contributed by atoms with E-state index in [1.165, 1.54) is 0 Å². The number of thioether (sulfide) groups is 1. The molecule has 1 amide bonds. The maximum atomic E-state index is 12.6. The van der Waals surface area contributed by atoms with E-state index in [4.69, 9.17) is 21.0 Å². The Labute approximate surface area is 156 Å². The van der Waals surface area contributed by atoms with Crippen LogP contribution in [0.2, 0.25) is 5.02 Å². The Morgan fingerprint density at radius 3 is 3.08 bits per heavy atom. The van der Waals surface area contributed by atoms with Gasteiger partial charge in [-0.15, -0.1) is 11.8 Å². The molecule has 0 saturated carbocycles. The molecule has 4 nitrogen and oxygen atoms in total. The van der Waals surface area contributed by atoms with Crippen molar-refractivity contribution < 1.29 is 9.21 Å². The van der Waals surface area contributed by atoms with Gasteiger partial charge in [0.2, 0.25) is 0 Å². The van der Waals surface area contributed by atoms with Crippen LogP contribution in [0.25, 0.3) is 0 Å². The summed E-state index contributed by atoms with van der Waals surface area (Å²) < 4.78 is 5.94. The molecule has 130 valence electrons. The Morgan fingerprint density at radius 2 is 2.28 bits per heavy atom. The smallest absolute Gasteiger partial charge is 0.287 e. The number of carbonyl (C=O) groups excluding carboxylic acids is 1. The van der Waals surface area contributed by atoms with Gasteiger partial charge in [-0.3, -0.25) is 9.79 Å². The van der Waals surface area contributed by atoms with Gasteiger partial charge in [0.05, 0.1) is 11.1 Å². The summed E-state index contributed by atoms with van der Waals surface area (Å²) in [5.41, 5.74) is 3.00. The van der Waals surface area contributed by atoms with Crippen LogP contribution in [-0.4, -0.2) is 16.2 Å². The molecule has 0 fully saturated rings. The van der Waals surface area contributed by atoms with Crippen LogP contribution in [0.5, 0.6) is 0 Å². The largest absolute Gasteiger partial charge is 0.455 e. The normalized spacial score (nSPS) is 21.5. The SMILES string of the molecule is CC1=N[C@H]2c3c(oc(C(=O)NCc4cccc(Cl)c4)c3C)CC[C@H]2S1. The van der Waals surface area contributed by atoms with Crippen molar-refractivity contribution >= 4 is 34.3 Å². The van der Waals surface area contributed by atoms with Crippen LogP contribution in [0.4, 0.5) is 0 Å².